The number of rotatable bonds is 5. The molecular weight excluding hydrogens is 401 g/mol. The van der Waals surface area contributed by atoms with Gasteiger partial charge < -0.3 is 5.73 Å². The highest BCUT2D eigenvalue weighted by Crippen LogP contribution is 2.30. The van der Waals surface area contributed by atoms with Gasteiger partial charge in [0.2, 0.25) is 0 Å². The van der Waals surface area contributed by atoms with Crippen LogP contribution in [0.2, 0.25) is 0 Å². The number of halogens is 3. The Balaban J connectivity index is 2.33. The molecule has 3 nitrogen and oxygen atoms in total. The zero-order valence-corrected chi connectivity index (χ0v) is 15.2. The molecule has 1 heterocycles. The minimum absolute atomic E-state index is 0.291. The van der Waals surface area contributed by atoms with Gasteiger partial charge in [0.15, 0.2) is 0 Å². The van der Waals surface area contributed by atoms with Crippen LogP contribution in [0.3, 0.4) is 0 Å². The van der Waals surface area contributed by atoms with Crippen LogP contribution in [0, 0.1) is 5.82 Å². The second-order valence-corrected chi connectivity index (χ2v) is 6.42. The van der Waals surface area contributed by atoms with E-state index in [1.807, 2.05) is 17.7 Å². The van der Waals surface area contributed by atoms with Gasteiger partial charge >= 0.3 is 0 Å². The van der Waals surface area contributed by atoms with E-state index in [4.69, 9.17) is 5.73 Å². The first-order valence-corrected chi connectivity index (χ1v) is 8.51. The van der Waals surface area contributed by atoms with Gasteiger partial charge in [0.25, 0.3) is 0 Å². The van der Waals surface area contributed by atoms with E-state index in [0.29, 0.717) is 10.9 Å². The maximum absolute atomic E-state index is 13.6. The van der Waals surface area contributed by atoms with Crippen LogP contribution in [0.25, 0.3) is 0 Å². The number of nitrogens with two attached hydrogens (primary N) is 1. The van der Waals surface area contributed by atoms with E-state index in [1.54, 1.807) is 6.07 Å². The molecule has 0 fully saturated rings. The summed E-state index contributed by atoms with van der Waals surface area (Å²) in [5.41, 5.74) is 9.13. The van der Waals surface area contributed by atoms with Crippen LogP contribution < -0.4 is 5.73 Å². The molecule has 2 rings (SSSR count). The minimum Gasteiger partial charge on any atom is -0.324 e. The molecule has 1 unspecified atom stereocenters. The van der Waals surface area contributed by atoms with Crippen LogP contribution in [0.4, 0.5) is 4.39 Å². The van der Waals surface area contributed by atoms with Crippen molar-refractivity contribution in [1.29, 1.82) is 0 Å². The van der Waals surface area contributed by atoms with Crippen molar-refractivity contribution < 1.29 is 4.39 Å². The molecule has 1 aromatic carbocycles. The fraction of sp³-hybridized carbons (Fsp3) is 0.400. The molecule has 0 saturated heterocycles. The van der Waals surface area contributed by atoms with Gasteiger partial charge in [-0.25, -0.2) is 4.39 Å². The summed E-state index contributed by atoms with van der Waals surface area (Å²) in [5.74, 6) is -0.291. The van der Waals surface area contributed by atoms with Crippen molar-refractivity contribution in [3.8, 4) is 0 Å². The molecule has 0 aliphatic carbocycles. The molecule has 0 aliphatic heterocycles. The Kier molecular flexibility index (Phi) is 5.57. The smallest absolute Gasteiger partial charge is 0.137 e. The predicted octanol–water partition coefficient (Wildman–Crippen LogP) is 4.37. The first-order chi connectivity index (χ1) is 9.99. The molecule has 1 atom stereocenters. The quantitative estimate of drug-likeness (QED) is 0.783. The molecule has 6 heteroatoms. The normalized spacial score (nSPS) is 12.7. The maximum Gasteiger partial charge on any atom is 0.137 e. The van der Waals surface area contributed by atoms with E-state index in [-0.39, 0.29) is 11.9 Å². The molecule has 21 heavy (non-hydrogen) atoms. The van der Waals surface area contributed by atoms with E-state index >= 15 is 0 Å². The lowest BCUT2D eigenvalue weighted by molar-refractivity contribution is 0.577. The third-order valence-corrected chi connectivity index (χ3v) is 5.24. The fourth-order valence-corrected chi connectivity index (χ4v) is 3.62. The third kappa shape index (κ3) is 3.38. The first-order valence-electron chi connectivity index (χ1n) is 6.93. The Morgan fingerprint density at radius 2 is 2.00 bits per heavy atom. The molecule has 2 N–H and O–H groups in total. The summed E-state index contributed by atoms with van der Waals surface area (Å²) in [4.78, 5) is 0. The third-order valence-electron chi connectivity index (χ3n) is 3.49. The van der Waals surface area contributed by atoms with Gasteiger partial charge in [-0.3, -0.25) is 4.68 Å². The summed E-state index contributed by atoms with van der Waals surface area (Å²) in [6, 6.07) is 4.65. The Morgan fingerprint density at radius 1 is 1.29 bits per heavy atom. The summed E-state index contributed by atoms with van der Waals surface area (Å²) in [6.45, 7) is 4.90. The Labute approximate surface area is 141 Å². The summed E-state index contributed by atoms with van der Waals surface area (Å²) in [5, 5.41) is 4.56. The van der Waals surface area contributed by atoms with Gasteiger partial charge in [-0.2, -0.15) is 5.10 Å². The molecule has 114 valence electrons. The highest BCUT2D eigenvalue weighted by Gasteiger charge is 2.19. The van der Waals surface area contributed by atoms with E-state index in [1.165, 1.54) is 6.07 Å². The highest BCUT2D eigenvalue weighted by atomic mass is 79.9. The molecule has 0 bridgehead atoms. The van der Waals surface area contributed by atoms with Crippen molar-refractivity contribution in [2.24, 2.45) is 5.73 Å². The van der Waals surface area contributed by atoms with Crippen LogP contribution in [0.5, 0.6) is 0 Å². The lowest BCUT2D eigenvalue weighted by Gasteiger charge is -2.15. The van der Waals surface area contributed by atoms with Gasteiger partial charge in [0, 0.05) is 19.0 Å². The van der Waals surface area contributed by atoms with E-state index in [0.717, 1.165) is 34.4 Å². The summed E-state index contributed by atoms with van der Waals surface area (Å²) in [6.07, 6.45) is 1.46. The average molecular weight is 419 g/mol. The minimum atomic E-state index is -0.293. The number of aromatic nitrogens is 2. The van der Waals surface area contributed by atoms with Crippen LogP contribution in [0.1, 0.15) is 36.8 Å². The van der Waals surface area contributed by atoms with Crippen LogP contribution >= 0.6 is 31.9 Å². The Bertz CT molecular complexity index is 640. The van der Waals surface area contributed by atoms with Crippen molar-refractivity contribution in [2.45, 2.75) is 39.3 Å². The average Bonchev–Trinajstić information content (AvgIpc) is 2.78. The number of aryl methyl sites for hydroxylation is 2. The number of nitrogens with zero attached hydrogens (tertiary/aromatic N) is 2. The van der Waals surface area contributed by atoms with Crippen molar-refractivity contribution in [3.63, 3.8) is 0 Å². The zero-order chi connectivity index (χ0) is 15.6. The van der Waals surface area contributed by atoms with E-state index in [2.05, 4.69) is 43.9 Å². The number of hydrogen-bond acceptors (Lipinski definition) is 2. The van der Waals surface area contributed by atoms with E-state index in [9.17, 15) is 4.39 Å². The standard InChI is InChI=1S/C15H18Br2FN3/c1-3-12-15(17)13(21(4-2)20-12)8-11(19)9-6-5-7-10(18)14(9)16/h5-7,11H,3-4,8,19H2,1-2H3. The molecule has 1 aromatic heterocycles. The maximum atomic E-state index is 13.6. The van der Waals surface area contributed by atoms with Crippen molar-refractivity contribution in [1.82, 2.24) is 9.78 Å². The highest BCUT2D eigenvalue weighted by molar-refractivity contribution is 9.10. The fourth-order valence-electron chi connectivity index (χ4n) is 2.34. The van der Waals surface area contributed by atoms with Gasteiger partial charge in [-0.1, -0.05) is 19.1 Å². The molecule has 0 aliphatic rings. The molecule has 0 amide bonds. The molecular formula is C15H18Br2FN3. The SMILES string of the molecule is CCc1nn(CC)c(CC(N)c2cccc(F)c2Br)c1Br. The summed E-state index contributed by atoms with van der Waals surface area (Å²) < 4.78 is 17.0. The second kappa shape index (κ2) is 7.03. The molecule has 2 aromatic rings. The van der Waals surface area contributed by atoms with Crippen molar-refractivity contribution >= 4 is 31.9 Å². The van der Waals surface area contributed by atoms with Gasteiger partial charge in [0.05, 0.1) is 20.3 Å². The van der Waals surface area contributed by atoms with Crippen molar-refractivity contribution in [2.75, 3.05) is 0 Å². The van der Waals surface area contributed by atoms with Crippen LogP contribution in [-0.2, 0) is 19.4 Å². The molecule has 0 saturated carbocycles. The van der Waals surface area contributed by atoms with E-state index < -0.39 is 0 Å². The predicted molar refractivity (Wildman–Crippen MR) is 89.7 cm³/mol. The van der Waals surface area contributed by atoms with Crippen LogP contribution in [0.15, 0.2) is 27.1 Å². The summed E-state index contributed by atoms with van der Waals surface area (Å²) in [7, 11) is 0. The first kappa shape index (κ1) is 16.6. The van der Waals surface area contributed by atoms with Gasteiger partial charge in [0.1, 0.15) is 5.82 Å². The topological polar surface area (TPSA) is 43.8 Å². The Hall–Kier alpha value is -0.720. The zero-order valence-electron chi connectivity index (χ0n) is 12.0. The largest absolute Gasteiger partial charge is 0.324 e. The number of benzene rings is 1. The van der Waals surface area contributed by atoms with Crippen molar-refractivity contribution in [3.05, 3.63) is 49.9 Å². The van der Waals surface area contributed by atoms with Gasteiger partial charge in [-0.15, -0.1) is 0 Å². The monoisotopic (exact) mass is 417 g/mol. The lowest BCUT2D eigenvalue weighted by atomic mass is 10.0. The van der Waals surface area contributed by atoms with Crippen LogP contribution in [-0.4, -0.2) is 9.78 Å². The number of hydrogen-bond donors (Lipinski definition) is 1. The summed E-state index contributed by atoms with van der Waals surface area (Å²) >= 11 is 6.89. The van der Waals surface area contributed by atoms with Gasteiger partial charge in [-0.05, 0) is 56.8 Å². The Morgan fingerprint density at radius 3 is 2.62 bits per heavy atom. The molecule has 0 spiro atoms. The second-order valence-electron chi connectivity index (χ2n) is 4.83. The molecule has 0 radical (unpaired) electrons. The lowest BCUT2D eigenvalue weighted by Crippen LogP contribution is -2.17.